The lowest BCUT2D eigenvalue weighted by molar-refractivity contribution is -0.137. The van der Waals surface area contributed by atoms with E-state index in [0.717, 1.165) is 23.4 Å². The summed E-state index contributed by atoms with van der Waals surface area (Å²) in [4.78, 5) is 14.9. The fraction of sp³-hybridized carbons (Fsp3) is 0.211. The van der Waals surface area contributed by atoms with Gasteiger partial charge in [-0.3, -0.25) is 0 Å². The quantitative estimate of drug-likeness (QED) is 0.583. The van der Waals surface area contributed by atoms with Crippen LogP contribution in [0.5, 0.6) is 0 Å². The van der Waals surface area contributed by atoms with Gasteiger partial charge in [0.1, 0.15) is 18.0 Å². The van der Waals surface area contributed by atoms with Crippen molar-refractivity contribution < 1.29 is 13.2 Å². The SMILES string of the molecule is FC(F)(F)c1ccc(Nc2ncnc3c2CCN(c2ncc(Cl)cc2Cl)C3)cc1. The third kappa shape index (κ3) is 4.23. The molecule has 0 aliphatic carbocycles. The van der Waals surface area contributed by atoms with E-state index in [1.807, 2.05) is 4.90 Å². The lowest BCUT2D eigenvalue weighted by atomic mass is 10.1. The highest BCUT2D eigenvalue weighted by Gasteiger charge is 2.30. The lowest BCUT2D eigenvalue weighted by Crippen LogP contribution is -2.32. The number of nitrogens with one attached hydrogen (secondary N) is 1. The summed E-state index contributed by atoms with van der Waals surface area (Å²) in [6.45, 7) is 1.12. The molecule has 150 valence electrons. The van der Waals surface area contributed by atoms with Crippen LogP contribution in [0.2, 0.25) is 10.0 Å². The summed E-state index contributed by atoms with van der Waals surface area (Å²) in [5, 5.41) is 4.00. The Balaban J connectivity index is 1.55. The maximum Gasteiger partial charge on any atom is 0.416 e. The highest BCUT2D eigenvalue weighted by Crippen LogP contribution is 2.33. The van der Waals surface area contributed by atoms with Crippen molar-refractivity contribution in [2.45, 2.75) is 19.1 Å². The van der Waals surface area contributed by atoms with Crippen LogP contribution in [-0.2, 0) is 19.1 Å². The van der Waals surface area contributed by atoms with E-state index in [2.05, 4.69) is 20.3 Å². The summed E-state index contributed by atoms with van der Waals surface area (Å²) < 4.78 is 38.2. The third-order valence-electron chi connectivity index (χ3n) is 4.57. The molecule has 3 aromatic rings. The van der Waals surface area contributed by atoms with Gasteiger partial charge in [0.05, 0.1) is 27.8 Å². The molecule has 0 amide bonds. The van der Waals surface area contributed by atoms with Gasteiger partial charge in [0.25, 0.3) is 0 Å². The number of anilines is 3. The van der Waals surface area contributed by atoms with E-state index < -0.39 is 11.7 Å². The number of rotatable bonds is 3. The van der Waals surface area contributed by atoms with Crippen molar-refractivity contribution in [3.63, 3.8) is 0 Å². The zero-order valence-electron chi connectivity index (χ0n) is 14.8. The first kappa shape index (κ1) is 19.7. The minimum Gasteiger partial charge on any atom is -0.349 e. The number of pyridine rings is 1. The summed E-state index contributed by atoms with van der Waals surface area (Å²) in [6.07, 6.45) is -0.783. The first-order chi connectivity index (χ1) is 13.8. The smallest absolute Gasteiger partial charge is 0.349 e. The molecule has 1 N–H and O–H groups in total. The predicted molar refractivity (Wildman–Crippen MR) is 106 cm³/mol. The molecular weight excluding hydrogens is 426 g/mol. The largest absolute Gasteiger partial charge is 0.416 e. The monoisotopic (exact) mass is 439 g/mol. The highest BCUT2D eigenvalue weighted by molar-refractivity contribution is 6.36. The molecule has 29 heavy (non-hydrogen) atoms. The highest BCUT2D eigenvalue weighted by atomic mass is 35.5. The van der Waals surface area contributed by atoms with Gasteiger partial charge in [0, 0.05) is 24.0 Å². The van der Waals surface area contributed by atoms with Gasteiger partial charge in [0.15, 0.2) is 0 Å². The molecule has 1 aliphatic rings. The molecule has 4 rings (SSSR count). The van der Waals surface area contributed by atoms with Crippen molar-refractivity contribution in [3.05, 3.63) is 69.7 Å². The summed E-state index contributed by atoms with van der Waals surface area (Å²) in [5.74, 6) is 1.20. The Morgan fingerprint density at radius 1 is 1.03 bits per heavy atom. The zero-order valence-corrected chi connectivity index (χ0v) is 16.4. The van der Waals surface area contributed by atoms with Crippen molar-refractivity contribution in [2.24, 2.45) is 0 Å². The molecule has 0 fully saturated rings. The van der Waals surface area contributed by atoms with Crippen molar-refractivity contribution in [2.75, 3.05) is 16.8 Å². The van der Waals surface area contributed by atoms with Gasteiger partial charge < -0.3 is 10.2 Å². The normalized spacial score (nSPS) is 13.9. The molecule has 2 aromatic heterocycles. The van der Waals surface area contributed by atoms with Crippen molar-refractivity contribution in [3.8, 4) is 0 Å². The number of benzene rings is 1. The van der Waals surface area contributed by atoms with E-state index in [1.165, 1.54) is 24.7 Å². The Morgan fingerprint density at radius 2 is 1.79 bits per heavy atom. The molecule has 10 heteroatoms. The number of fused-ring (bicyclic) bond motifs is 1. The number of nitrogens with zero attached hydrogens (tertiary/aromatic N) is 4. The van der Waals surface area contributed by atoms with Gasteiger partial charge in [-0.05, 0) is 36.8 Å². The maximum atomic E-state index is 12.7. The van der Waals surface area contributed by atoms with E-state index in [1.54, 1.807) is 6.07 Å². The van der Waals surface area contributed by atoms with Crippen LogP contribution in [-0.4, -0.2) is 21.5 Å². The second kappa shape index (κ2) is 7.68. The van der Waals surface area contributed by atoms with Crippen molar-refractivity contribution in [1.82, 2.24) is 15.0 Å². The predicted octanol–water partition coefficient (Wildman–Crippen LogP) is 5.50. The van der Waals surface area contributed by atoms with E-state index in [9.17, 15) is 13.2 Å². The molecule has 0 spiro atoms. The van der Waals surface area contributed by atoms with E-state index in [0.29, 0.717) is 46.9 Å². The van der Waals surface area contributed by atoms with Crippen LogP contribution < -0.4 is 10.2 Å². The van der Waals surface area contributed by atoms with E-state index >= 15 is 0 Å². The molecule has 1 aromatic carbocycles. The van der Waals surface area contributed by atoms with Crippen LogP contribution in [0.15, 0.2) is 42.9 Å². The van der Waals surface area contributed by atoms with Gasteiger partial charge in [-0.15, -0.1) is 0 Å². The number of aromatic nitrogens is 3. The molecule has 3 heterocycles. The second-order valence-corrected chi connectivity index (χ2v) is 7.32. The van der Waals surface area contributed by atoms with Crippen LogP contribution in [0.25, 0.3) is 0 Å². The molecule has 0 atom stereocenters. The van der Waals surface area contributed by atoms with Crippen LogP contribution in [0.3, 0.4) is 0 Å². The Bertz CT molecular complexity index is 1040. The Morgan fingerprint density at radius 3 is 2.48 bits per heavy atom. The van der Waals surface area contributed by atoms with E-state index in [-0.39, 0.29) is 0 Å². The minimum absolute atomic E-state index is 0.457. The summed E-state index contributed by atoms with van der Waals surface area (Å²) >= 11 is 12.2. The number of hydrogen-bond acceptors (Lipinski definition) is 5. The van der Waals surface area contributed by atoms with Gasteiger partial charge in [-0.2, -0.15) is 13.2 Å². The molecule has 0 radical (unpaired) electrons. The van der Waals surface area contributed by atoms with Crippen LogP contribution in [0.4, 0.5) is 30.5 Å². The number of hydrogen-bond donors (Lipinski definition) is 1. The minimum atomic E-state index is -4.37. The molecule has 0 bridgehead atoms. The maximum absolute atomic E-state index is 12.7. The summed E-state index contributed by atoms with van der Waals surface area (Å²) in [5.41, 5.74) is 1.53. The third-order valence-corrected chi connectivity index (χ3v) is 5.05. The van der Waals surface area contributed by atoms with Crippen molar-refractivity contribution in [1.29, 1.82) is 0 Å². The van der Waals surface area contributed by atoms with Gasteiger partial charge in [-0.1, -0.05) is 23.2 Å². The lowest BCUT2D eigenvalue weighted by Gasteiger charge is -2.30. The van der Waals surface area contributed by atoms with Crippen LogP contribution in [0, 0.1) is 0 Å². The first-order valence-electron chi connectivity index (χ1n) is 8.64. The first-order valence-corrected chi connectivity index (χ1v) is 9.40. The molecule has 0 saturated heterocycles. The average molecular weight is 440 g/mol. The fourth-order valence-electron chi connectivity index (χ4n) is 3.16. The molecule has 1 aliphatic heterocycles. The molecular formula is C19H14Cl2F3N5. The Hall–Kier alpha value is -2.58. The van der Waals surface area contributed by atoms with Crippen LogP contribution >= 0.6 is 23.2 Å². The Kier molecular flexibility index (Phi) is 5.23. The second-order valence-electron chi connectivity index (χ2n) is 6.48. The average Bonchev–Trinajstić information content (AvgIpc) is 2.67. The van der Waals surface area contributed by atoms with Crippen molar-refractivity contribution >= 4 is 40.5 Å². The molecule has 5 nitrogen and oxygen atoms in total. The van der Waals surface area contributed by atoms with Gasteiger partial charge >= 0.3 is 6.18 Å². The van der Waals surface area contributed by atoms with Gasteiger partial charge in [0.2, 0.25) is 0 Å². The van der Waals surface area contributed by atoms with E-state index in [4.69, 9.17) is 23.2 Å². The topological polar surface area (TPSA) is 53.9 Å². The fourth-order valence-corrected chi connectivity index (χ4v) is 3.66. The number of alkyl halides is 3. The summed E-state index contributed by atoms with van der Waals surface area (Å²) in [7, 11) is 0. The molecule has 0 unspecified atom stereocenters. The zero-order chi connectivity index (χ0) is 20.6. The molecule has 0 saturated carbocycles. The Labute approximate surface area is 174 Å². The standard InChI is InChI=1S/C19H14Cl2F3N5/c20-12-7-15(21)18(25-8-12)29-6-5-14-16(9-29)26-10-27-17(14)28-13-3-1-11(2-4-13)19(22,23)24/h1-4,7-8,10H,5-6,9H2,(H,26,27,28). The van der Waals surface area contributed by atoms with Gasteiger partial charge in [-0.25, -0.2) is 15.0 Å². The van der Waals surface area contributed by atoms with Crippen LogP contribution in [0.1, 0.15) is 16.8 Å². The number of halogens is 5. The summed E-state index contributed by atoms with van der Waals surface area (Å²) in [6, 6.07) is 6.46.